The fourth-order valence-electron chi connectivity index (χ4n) is 3.79. The summed E-state index contributed by atoms with van der Waals surface area (Å²) < 4.78 is 8.99. The molecule has 0 spiro atoms. The zero-order valence-electron chi connectivity index (χ0n) is 16.6. The van der Waals surface area contributed by atoms with E-state index in [9.17, 15) is 9.59 Å². The molecule has 8 heteroatoms. The number of nitrogens with zero attached hydrogens (tertiary/aromatic N) is 4. The Morgan fingerprint density at radius 2 is 2.03 bits per heavy atom. The van der Waals surface area contributed by atoms with Crippen LogP contribution in [0.2, 0.25) is 0 Å². The summed E-state index contributed by atoms with van der Waals surface area (Å²) in [5, 5.41) is 0. The second kappa shape index (κ2) is 8.34. The highest BCUT2D eigenvalue weighted by Gasteiger charge is 2.30. The van der Waals surface area contributed by atoms with Crippen LogP contribution in [0, 0.1) is 6.92 Å². The van der Waals surface area contributed by atoms with Crippen molar-refractivity contribution in [3.8, 4) is 0 Å². The van der Waals surface area contributed by atoms with E-state index in [1.54, 1.807) is 17.3 Å². The van der Waals surface area contributed by atoms with Gasteiger partial charge in [0.25, 0.3) is 11.5 Å². The van der Waals surface area contributed by atoms with Crippen molar-refractivity contribution in [3.63, 3.8) is 0 Å². The molecule has 1 aliphatic heterocycles. The van der Waals surface area contributed by atoms with Gasteiger partial charge in [-0.3, -0.25) is 14.3 Å². The number of hydrogen-bond acceptors (Lipinski definition) is 5. The Morgan fingerprint density at radius 3 is 2.72 bits per heavy atom. The molecule has 1 aromatic carbocycles. The summed E-state index contributed by atoms with van der Waals surface area (Å²) >= 11 is 1.37. The van der Waals surface area contributed by atoms with Gasteiger partial charge in [0.2, 0.25) is 0 Å². The second-order valence-corrected chi connectivity index (χ2v) is 7.99. The van der Waals surface area contributed by atoms with Crippen molar-refractivity contribution in [2.24, 2.45) is 0 Å². The summed E-state index contributed by atoms with van der Waals surface area (Å²) in [6, 6.07) is 10.1. The third kappa shape index (κ3) is 3.77. The van der Waals surface area contributed by atoms with Crippen molar-refractivity contribution in [2.45, 2.75) is 33.0 Å². The summed E-state index contributed by atoms with van der Waals surface area (Å²) in [6.07, 6.45) is 0.562. The summed E-state index contributed by atoms with van der Waals surface area (Å²) in [6.45, 7) is 4.34. The van der Waals surface area contributed by atoms with Gasteiger partial charge in [0.1, 0.15) is 4.88 Å². The molecule has 0 fully saturated rings. The first kappa shape index (κ1) is 19.6. The van der Waals surface area contributed by atoms with Crippen LogP contribution < -0.4 is 5.56 Å². The van der Waals surface area contributed by atoms with Crippen LogP contribution in [0.4, 0.5) is 0 Å². The Balaban J connectivity index is 1.70. The van der Waals surface area contributed by atoms with Crippen LogP contribution in [0.1, 0.15) is 32.2 Å². The summed E-state index contributed by atoms with van der Waals surface area (Å²) in [7, 11) is 1.63. The Hall–Kier alpha value is -2.71. The van der Waals surface area contributed by atoms with E-state index in [4.69, 9.17) is 4.74 Å². The van der Waals surface area contributed by atoms with Crippen molar-refractivity contribution in [3.05, 3.63) is 73.6 Å². The number of aromatic nitrogens is 3. The number of ether oxygens (including phenoxy) is 1. The normalized spacial score (nSPS) is 13.5. The number of aryl methyl sites for hydroxylation is 1. The van der Waals surface area contributed by atoms with E-state index in [0.717, 1.165) is 22.5 Å². The molecule has 29 heavy (non-hydrogen) atoms. The number of benzene rings is 1. The van der Waals surface area contributed by atoms with Gasteiger partial charge >= 0.3 is 0 Å². The first-order valence-electron chi connectivity index (χ1n) is 9.63. The molecule has 2 aromatic heterocycles. The standard InChI is InChI=1S/C21H24N4O3S/c1-15-19(29-14-22-15)21(27)23-9-8-17-18(13-23)25(12-16-6-4-3-5-7-16)24(20(17)26)10-11-28-2/h3-7,14H,8-13H2,1-2H3. The maximum atomic E-state index is 13.1. The van der Waals surface area contributed by atoms with Gasteiger partial charge in [-0.05, 0) is 18.9 Å². The van der Waals surface area contributed by atoms with Crippen LogP contribution in [0.3, 0.4) is 0 Å². The summed E-state index contributed by atoms with van der Waals surface area (Å²) in [5.74, 6) is -0.0148. The average molecular weight is 413 g/mol. The number of fused-ring (bicyclic) bond motifs is 1. The molecule has 152 valence electrons. The molecule has 0 saturated carbocycles. The monoisotopic (exact) mass is 412 g/mol. The summed E-state index contributed by atoms with van der Waals surface area (Å²) in [4.78, 5) is 32.8. The summed E-state index contributed by atoms with van der Waals surface area (Å²) in [5.41, 5.74) is 5.31. The second-order valence-electron chi connectivity index (χ2n) is 7.13. The molecule has 3 aromatic rings. The fourth-order valence-corrected chi connectivity index (χ4v) is 4.56. The predicted octanol–water partition coefficient (Wildman–Crippen LogP) is 2.31. The van der Waals surface area contributed by atoms with Crippen LogP contribution in [0.5, 0.6) is 0 Å². The largest absolute Gasteiger partial charge is 0.383 e. The Kier molecular flexibility index (Phi) is 5.64. The molecule has 0 N–H and O–H groups in total. The Bertz CT molecular complexity index is 1070. The van der Waals surface area contributed by atoms with Crippen molar-refractivity contribution < 1.29 is 9.53 Å². The quantitative estimate of drug-likeness (QED) is 0.623. The zero-order chi connectivity index (χ0) is 20.4. The van der Waals surface area contributed by atoms with Gasteiger partial charge in [-0.25, -0.2) is 9.67 Å². The molecular weight excluding hydrogens is 388 g/mol. The van der Waals surface area contributed by atoms with Gasteiger partial charge in [-0.15, -0.1) is 11.3 Å². The molecule has 0 bridgehead atoms. The minimum atomic E-state index is -0.0148. The number of carbonyl (C=O) groups is 1. The number of rotatable bonds is 6. The molecule has 0 radical (unpaired) electrons. The van der Waals surface area contributed by atoms with Crippen LogP contribution in [-0.2, 0) is 30.8 Å². The molecule has 4 rings (SSSR count). The molecule has 0 atom stereocenters. The molecule has 0 aliphatic carbocycles. The fraction of sp³-hybridized carbons (Fsp3) is 0.381. The van der Waals surface area contributed by atoms with Gasteiger partial charge < -0.3 is 9.64 Å². The lowest BCUT2D eigenvalue weighted by Gasteiger charge is -2.27. The molecule has 0 saturated heterocycles. The maximum absolute atomic E-state index is 13.1. The number of methoxy groups -OCH3 is 1. The van der Waals surface area contributed by atoms with E-state index in [-0.39, 0.29) is 11.5 Å². The lowest BCUT2D eigenvalue weighted by atomic mass is 10.1. The van der Waals surface area contributed by atoms with E-state index in [1.807, 2.05) is 46.8 Å². The van der Waals surface area contributed by atoms with Crippen LogP contribution in [0.25, 0.3) is 0 Å². The highest BCUT2D eigenvalue weighted by atomic mass is 32.1. The highest BCUT2D eigenvalue weighted by Crippen LogP contribution is 2.23. The van der Waals surface area contributed by atoms with Crippen molar-refractivity contribution in [1.29, 1.82) is 0 Å². The molecule has 0 unspecified atom stereocenters. The van der Waals surface area contributed by atoms with Crippen LogP contribution in [-0.4, -0.2) is 45.4 Å². The van der Waals surface area contributed by atoms with E-state index in [0.29, 0.717) is 44.1 Å². The van der Waals surface area contributed by atoms with E-state index in [1.165, 1.54) is 11.3 Å². The third-order valence-corrected chi connectivity index (χ3v) is 6.24. The number of carbonyl (C=O) groups excluding carboxylic acids is 1. The lowest BCUT2D eigenvalue weighted by molar-refractivity contribution is 0.0732. The van der Waals surface area contributed by atoms with Gasteiger partial charge in [0, 0.05) is 19.2 Å². The van der Waals surface area contributed by atoms with Crippen LogP contribution in [0.15, 0.2) is 40.6 Å². The van der Waals surface area contributed by atoms with Crippen LogP contribution >= 0.6 is 11.3 Å². The topological polar surface area (TPSA) is 69.4 Å². The smallest absolute Gasteiger partial charge is 0.270 e. The SMILES string of the molecule is COCCn1c(=O)c2c(n1Cc1ccccc1)CN(C(=O)c1scnc1C)CC2. The minimum absolute atomic E-state index is 0.0148. The molecule has 1 amide bonds. The van der Waals surface area contributed by atoms with Crippen molar-refractivity contribution >= 4 is 17.2 Å². The Morgan fingerprint density at radius 1 is 1.24 bits per heavy atom. The predicted molar refractivity (Wildman–Crippen MR) is 111 cm³/mol. The number of hydrogen-bond donors (Lipinski definition) is 0. The molecule has 1 aliphatic rings. The van der Waals surface area contributed by atoms with E-state index >= 15 is 0 Å². The molecular formula is C21H24N4O3S. The average Bonchev–Trinajstić information content (AvgIpc) is 3.28. The zero-order valence-corrected chi connectivity index (χ0v) is 17.4. The number of thiazole rings is 1. The first-order chi connectivity index (χ1) is 14.1. The Labute approximate surface area is 173 Å². The number of amides is 1. The van der Waals surface area contributed by atoms with E-state index in [2.05, 4.69) is 4.98 Å². The maximum Gasteiger partial charge on any atom is 0.270 e. The van der Waals surface area contributed by atoms with Gasteiger partial charge in [0.15, 0.2) is 0 Å². The van der Waals surface area contributed by atoms with Gasteiger partial charge in [-0.2, -0.15) is 0 Å². The molecule has 3 heterocycles. The first-order valence-corrected chi connectivity index (χ1v) is 10.5. The molecule has 7 nitrogen and oxygen atoms in total. The van der Waals surface area contributed by atoms with Crippen molar-refractivity contribution in [2.75, 3.05) is 20.3 Å². The van der Waals surface area contributed by atoms with Gasteiger partial charge in [-0.1, -0.05) is 30.3 Å². The lowest BCUT2D eigenvalue weighted by Crippen LogP contribution is -2.37. The third-order valence-electron chi connectivity index (χ3n) is 5.33. The van der Waals surface area contributed by atoms with Gasteiger partial charge in [0.05, 0.1) is 43.1 Å². The van der Waals surface area contributed by atoms with Crippen molar-refractivity contribution in [1.82, 2.24) is 19.2 Å². The highest BCUT2D eigenvalue weighted by molar-refractivity contribution is 7.11. The minimum Gasteiger partial charge on any atom is -0.383 e. The van der Waals surface area contributed by atoms with E-state index < -0.39 is 0 Å².